The molecule has 0 aliphatic carbocycles. The third-order valence-corrected chi connectivity index (χ3v) is 5.00. The van der Waals surface area contributed by atoms with Gasteiger partial charge < -0.3 is 14.8 Å². The minimum atomic E-state index is -2.92. The molecule has 0 spiro atoms. The Labute approximate surface area is 170 Å². The van der Waals surface area contributed by atoms with Gasteiger partial charge in [-0.15, -0.1) is 0 Å². The Bertz CT molecular complexity index is 1000. The number of halogens is 3. The van der Waals surface area contributed by atoms with E-state index in [2.05, 4.69) is 20.8 Å². The molecular weight excluding hydrogens is 404 g/mol. The molecule has 1 aliphatic rings. The molecule has 0 amide bonds. The number of hydrogen-bond acceptors (Lipinski definition) is 6. The van der Waals surface area contributed by atoms with Gasteiger partial charge in [0.1, 0.15) is 11.5 Å². The molecule has 0 bridgehead atoms. The van der Waals surface area contributed by atoms with Gasteiger partial charge in [0.15, 0.2) is 0 Å². The Morgan fingerprint density at radius 1 is 1.24 bits per heavy atom. The Morgan fingerprint density at radius 3 is 2.83 bits per heavy atom. The number of benzene rings is 2. The summed E-state index contributed by atoms with van der Waals surface area (Å²) in [7, 11) is 0. The smallest absolute Gasteiger partial charge is 0.387 e. The van der Waals surface area contributed by atoms with Crippen LogP contribution in [0.2, 0.25) is 5.02 Å². The lowest BCUT2D eigenvalue weighted by molar-refractivity contribution is -0.0507. The van der Waals surface area contributed by atoms with Crippen LogP contribution in [0.1, 0.15) is 36.6 Å². The van der Waals surface area contributed by atoms with Crippen molar-refractivity contribution in [1.29, 1.82) is 0 Å². The van der Waals surface area contributed by atoms with Gasteiger partial charge in [0.2, 0.25) is 5.95 Å². The van der Waals surface area contributed by atoms with E-state index in [-0.39, 0.29) is 11.8 Å². The van der Waals surface area contributed by atoms with Crippen molar-refractivity contribution in [2.75, 3.05) is 11.9 Å². The molecule has 1 aliphatic heterocycles. The van der Waals surface area contributed by atoms with Crippen molar-refractivity contribution in [1.82, 2.24) is 20.2 Å². The second-order valence-corrected chi connectivity index (χ2v) is 6.84. The van der Waals surface area contributed by atoms with E-state index in [0.717, 1.165) is 5.56 Å². The second-order valence-electron chi connectivity index (χ2n) is 6.43. The maximum Gasteiger partial charge on any atom is 0.387 e. The van der Waals surface area contributed by atoms with E-state index < -0.39 is 12.7 Å². The summed E-state index contributed by atoms with van der Waals surface area (Å²) in [5, 5.41) is 15.5. The van der Waals surface area contributed by atoms with Gasteiger partial charge in [-0.05, 0) is 47.5 Å². The number of hydrogen-bond donors (Lipinski definition) is 1. The third kappa shape index (κ3) is 3.95. The molecule has 2 aromatic carbocycles. The summed E-state index contributed by atoms with van der Waals surface area (Å²) in [4.78, 5) is 0. The molecule has 10 heteroatoms. The molecule has 4 rings (SSSR count). The normalized spacial score (nSPS) is 18.2. The van der Waals surface area contributed by atoms with Gasteiger partial charge in [-0.3, -0.25) is 0 Å². The van der Waals surface area contributed by atoms with Crippen molar-refractivity contribution in [3.8, 4) is 11.5 Å². The van der Waals surface area contributed by atoms with E-state index in [1.54, 1.807) is 22.9 Å². The number of tetrazole rings is 1. The molecule has 7 nitrogen and oxygen atoms in total. The molecule has 29 heavy (non-hydrogen) atoms. The van der Waals surface area contributed by atoms with Gasteiger partial charge >= 0.3 is 6.61 Å². The molecule has 152 valence electrons. The highest BCUT2D eigenvalue weighted by molar-refractivity contribution is 6.32. The van der Waals surface area contributed by atoms with Gasteiger partial charge in [-0.25, -0.2) is 4.68 Å². The lowest BCUT2D eigenvalue weighted by atomic mass is 9.93. The molecule has 0 fully saturated rings. The van der Waals surface area contributed by atoms with Gasteiger partial charge in [0.05, 0.1) is 23.7 Å². The Kier molecular flexibility index (Phi) is 5.48. The highest BCUT2D eigenvalue weighted by atomic mass is 35.5. The number of aromatic nitrogens is 4. The highest BCUT2D eigenvalue weighted by Crippen LogP contribution is 2.41. The Morgan fingerprint density at radius 2 is 2.07 bits per heavy atom. The van der Waals surface area contributed by atoms with Gasteiger partial charge in [0, 0.05) is 5.56 Å². The highest BCUT2D eigenvalue weighted by Gasteiger charge is 2.33. The van der Waals surface area contributed by atoms with Crippen molar-refractivity contribution >= 4 is 17.5 Å². The summed E-state index contributed by atoms with van der Waals surface area (Å²) in [5.41, 5.74) is 1.48. The summed E-state index contributed by atoms with van der Waals surface area (Å²) < 4.78 is 37.5. The minimum Gasteiger partial charge on any atom is -0.492 e. The number of para-hydroxylation sites is 1. The summed E-state index contributed by atoms with van der Waals surface area (Å²) in [5.74, 6) is 1.13. The molecule has 0 radical (unpaired) electrons. The average molecular weight is 422 g/mol. The number of nitrogens with zero attached hydrogens (tertiary/aromatic N) is 4. The van der Waals surface area contributed by atoms with E-state index in [1.165, 1.54) is 6.07 Å². The largest absolute Gasteiger partial charge is 0.492 e. The Hall–Kier alpha value is -2.94. The summed E-state index contributed by atoms with van der Waals surface area (Å²) in [6, 6.07) is 11.6. The number of fused-ring (bicyclic) bond motifs is 1. The van der Waals surface area contributed by atoms with Crippen LogP contribution in [0.15, 0.2) is 42.5 Å². The maximum absolute atomic E-state index is 12.9. The molecule has 0 saturated carbocycles. The van der Waals surface area contributed by atoms with Crippen molar-refractivity contribution < 1.29 is 18.3 Å². The number of nitrogens with one attached hydrogen (secondary N) is 1. The van der Waals surface area contributed by atoms with Crippen molar-refractivity contribution in [2.45, 2.75) is 32.0 Å². The second kappa shape index (κ2) is 8.20. The molecule has 2 heterocycles. The molecular formula is C19H18ClF2N5O2. The van der Waals surface area contributed by atoms with Crippen LogP contribution in [0.5, 0.6) is 11.5 Å². The number of alkyl halides is 2. The predicted octanol–water partition coefficient (Wildman–Crippen LogP) is 4.47. The minimum absolute atomic E-state index is 0.0966. The molecule has 2 unspecified atom stereocenters. The summed E-state index contributed by atoms with van der Waals surface area (Å²) >= 11 is 6.34. The SMILES string of the molecule is CCOc1ccc(C2CC(c3ccccc3OC(F)F)n3nnnc3N2)cc1Cl. The van der Waals surface area contributed by atoms with E-state index in [1.807, 2.05) is 25.1 Å². The summed E-state index contributed by atoms with van der Waals surface area (Å²) in [6.07, 6.45) is 0.506. The van der Waals surface area contributed by atoms with E-state index in [4.69, 9.17) is 21.1 Å². The fourth-order valence-corrected chi connectivity index (χ4v) is 3.72. The first-order valence-corrected chi connectivity index (χ1v) is 9.45. The molecule has 3 aromatic rings. The first-order valence-electron chi connectivity index (χ1n) is 9.07. The predicted molar refractivity (Wildman–Crippen MR) is 103 cm³/mol. The summed E-state index contributed by atoms with van der Waals surface area (Å²) in [6.45, 7) is -0.527. The third-order valence-electron chi connectivity index (χ3n) is 4.70. The van der Waals surface area contributed by atoms with Crippen LogP contribution < -0.4 is 14.8 Å². The fraction of sp³-hybridized carbons (Fsp3) is 0.316. The van der Waals surface area contributed by atoms with Crippen LogP contribution in [0.25, 0.3) is 0 Å². The number of ether oxygens (including phenoxy) is 2. The van der Waals surface area contributed by atoms with Crippen LogP contribution in [0.3, 0.4) is 0 Å². The van der Waals surface area contributed by atoms with E-state index >= 15 is 0 Å². The monoisotopic (exact) mass is 421 g/mol. The van der Waals surface area contributed by atoms with Crippen LogP contribution in [-0.4, -0.2) is 33.4 Å². The quantitative estimate of drug-likeness (QED) is 0.633. The molecule has 1 aromatic heterocycles. The number of rotatable bonds is 6. The zero-order chi connectivity index (χ0) is 20.4. The van der Waals surface area contributed by atoms with E-state index in [9.17, 15) is 8.78 Å². The van der Waals surface area contributed by atoms with Crippen LogP contribution in [0, 0.1) is 0 Å². The van der Waals surface area contributed by atoms with Crippen molar-refractivity contribution in [2.24, 2.45) is 0 Å². The zero-order valence-electron chi connectivity index (χ0n) is 15.4. The Balaban J connectivity index is 1.70. The van der Waals surface area contributed by atoms with Crippen LogP contribution >= 0.6 is 11.6 Å². The van der Waals surface area contributed by atoms with E-state index in [0.29, 0.717) is 35.3 Å². The standard InChI is InChI=1S/C19H18ClF2N5O2/c1-2-28-17-8-7-11(9-13(17)20)14-10-15(27-19(23-14)24-25-26-27)12-5-3-4-6-16(12)29-18(21)22/h3-9,14-15,18H,2,10H2,1H3,(H,23,24,26). The first kappa shape index (κ1) is 19.4. The maximum atomic E-state index is 12.9. The van der Waals surface area contributed by atoms with Gasteiger partial charge in [0.25, 0.3) is 0 Å². The number of anilines is 1. The van der Waals surface area contributed by atoms with Crippen LogP contribution in [0.4, 0.5) is 14.7 Å². The lowest BCUT2D eigenvalue weighted by Crippen LogP contribution is -2.28. The lowest BCUT2D eigenvalue weighted by Gasteiger charge is -2.31. The van der Waals surface area contributed by atoms with Crippen molar-refractivity contribution in [3.63, 3.8) is 0 Å². The van der Waals surface area contributed by atoms with Crippen molar-refractivity contribution in [3.05, 3.63) is 58.6 Å². The van der Waals surface area contributed by atoms with Gasteiger partial charge in [-0.2, -0.15) is 8.78 Å². The fourth-order valence-electron chi connectivity index (χ4n) is 3.48. The molecule has 2 atom stereocenters. The first-order chi connectivity index (χ1) is 14.1. The molecule has 0 saturated heterocycles. The topological polar surface area (TPSA) is 74.1 Å². The zero-order valence-corrected chi connectivity index (χ0v) is 16.2. The van der Waals surface area contributed by atoms with Crippen LogP contribution in [-0.2, 0) is 0 Å². The molecule has 1 N–H and O–H groups in total. The van der Waals surface area contributed by atoms with Gasteiger partial charge in [-0.1, -0.05) is 41.0 Å². The average Bonchev–Trinajstić information content (AvgIpc) is 3.18.